The molecule has 0 radical (unpaired) electrons. The second-order valence-corrected chi connectivity index (χ2v) is 5.85. The number of aromatic nitrogens is 1. The van der Waals surface area contributed by atoms with Crippen LogP contribution in [0.4, 0.5) is 5.69 Å². The predicted octanol–water partition coefficient (Wildman–Crippen LogP) is 4.48. The first kappa shape index (κ1) is 14.2. The number of hydrogen-bond donors (Lipinski definition) is 1. The van der Waals surface area contributed by atoms with Crippen molar-refractivity contribution in [3.63, 3.8) is 0 Å². The average molecular weight is 384 g/mol. The lowest BCUT2D eigenvalue weighted by Gasteiger charge is -2.09. The molecule has 0 fully saturated rings. The summed E-state index contributed by atoms with van der Waals surface area (Å²) in [6, 6.07) is 9.15. The number of benzene rings is 1. The van der Waals surface area contributed by atoms with Gasteiger partial charge >= 0.3 is 0 Å². The minimum atomic E-state index is -0.145. The SMILES string of the molecule is Cc1ccc(C(=O)Nc2ccc(Br)nc2C)cc1Br. The van der Waals surface area contributed by atoms with E-state index in [4.69, 9.17) is 0 Å². The van der Waals surface area contributed by atoms with Crippen LogP contribution in [0.1, 0.15) is 21.6 Å². The fourth-order valence-electron chi connectivity index (χ4n) is 1.59. The van der Waals surface area contributed by atoms with E-state index in [-0.39, 0.29) is 5.91 Å². The van der Waals surface area contributed by atoms with Gasteiger partial charge in [-0.05, 0) is 59.6 Å². The van der Waals surface area contributed by atoms with Gasteiger partial charge < -0.3 is 5.32 Å². The maximum atomic E-state index is 12.1. The molecule has 3 nitrogen and oxygen atoms in total. The molecule has 98 valence electrons. The highest BCUT2D eigenvalue weighted by molar-refractivity contribution is 9.10. The number of amides is 1. The Bertz CT molecular complexity index is 641. The molecule has 0 saturated carbocycles. The van der Waals surface area contributed by atoms with Gasteiger partial charge in [-0.2, -0.15) is 0 Å². The topological polar surface area (TPSA) is 42.0 Å². The average Bonchev–Trinajstić information content (AvgIpc) is 2.36. The van der Waals surface area contributed by atoms with E-state index < -0.39 is 0 Å². The third-order valence-electron chi connectivity index (χ3n) is 2.73. The third kappa shape index (κ3) is 3.42. The van der Waals surface area contributed by atoms with E-state index in [9.17, 15) is 4.79 Å². The Morgan fingerprint density at radius 2 is 1.89 bits per heavy atom. The Labute approximate surface area is 128 Å². The van der Waals surface area contributed by atoms with Crippen molar-refractivity contribution in [3.05, 3.63) is 56.2 Å². The number of rotatable bonds is 2. The van der Waals surface area contributed by atoms with Gasteiger partial charge in [0.1, 0.15) is 4.60 Å². The molecule has 0 spiro atoms. The van der Waals surface area contributed by atoms with Crippen molar-refractivity contribution in [1.82, 2.24) is 4.98 Å². The van der Waals surface area contributed by atoms with E-state index >= 15 is 0 Å². The van der Waals surface area contributed by atoms with Crippen LogP contribution < -0.4 is 5.32 Å². The van der Waals surface area contributed by atoms with Gasteiger partial charge in [-0.3, -0.25) is 4.79 Å². The van der Waals surface area contributed by atoms with Crippen LogP contribution in [0.25, 0.3) is 0 Å². The lowest BCUT2D eigenvalue weighted by molar-refractivity contribution is 0.102. The zero-order chi connectivity index (χ0) is 14.0. The number of aryl methyl sites for hydroxylation is 2. The Hall–Kier alpha value is -1.20. The van der Waals surface area contributed by atoms with Gasteiger partial charge in [-0.15, -0.1) is 0 Å². The summed E-state index contributed by atoms with van der Waals surface area (Å²) in [4.78, 5) is 16.4. The van der Waals surface area contributed by atoms with Gasteiger partial charge in [0, 0.05) is 10.0 Å². The van der Waals surface area contributed by atoms with Gasteiger partial charge in [0.15, 0.2) is 0 Å². The highest BCUT2D eigenvalue weighted by Crippen LogP contribution is 2.20. The van der Waals surface area contributed by atoms with Crippen molar-refractivity contribution >= 4 is 43.5 Å². The van der Waals surface area contributed by atoms with Gasteiger partial charge in [-0.25, -0.2) is 4.98 Å². The number of halogens is 2. The summed E-state index contributed by atoms with van der Waals surface area (Å²) >= 11 is 6.72. The second kappa shape index (κ2) is 5.84. The van der Waals surface area contributed by atoms with Gasteiger partial charge in [0.05, 0.1) is 11.4 Å². The highest BCUT2D eigenvalue weighted by Gasteiger charge is 2.09. The van der Waals surface area contributed by atoms with Crippen molar-refractivity contribution in [2.45, 2.75) is 13.8 Å². The Morgan fingerprint density at radius 3 is 2.53 bits per heavy atom. The molecule has 0 bridgehead atoms. The molecule has 0 atom stereocenters. The normalized spacial score (nSPS) is 10.3. The molecule has 19 heavy (non-hydrogen) atoms. The minimum Gasteiger partial charge on any atom is -0.320 e. The van der Waals surface area contributed by atoms with Crippen LogP contribution in [0.15, 0.2) is 39.4 Å². The summed E-state index contributed by atoms with van der Waals surface area (Å²) in [6.45, 7) is 3.83. The smallest absolute Gasteiger partial charge is 0.255 e. The molecular weight excluding hydrogens is 372 g/mol. The molecule has 0 aliphatic heterocycles. The Morgan fingerprint density at radius 1 is 1.16 bits per heavy atom. The maximum Gasteiger partial charge on any atom is 0.255 e. The lowest BCUT2D eigenvalue weighted by Crippen LogP contribution is -2.13. The second-order valence-electron chi connectivity index (χ2n) is 4.19. The number of anilines is 1. The van der Waals surface area contributed by atoms with E-state index in [1.54, 1.807) is 12.1 Å². The molecule has 0 aliphatic rings. The molecule has 2 rings (SSSR count). The molecule has 1 heterocycles. The molecule has 5 heteroatoms. The van der Waals surface area contributed by atoms with Crippen molar-refractivity contribution < 1.29 is 4.79 Å². The summed E-state index contributed by atoms with van der Waals surface area (Å²) in [5, 5.41) is 2.86. The van der Waals surface area contributed by atoms with Crippen LogP contribution >= 0.6 is 31.9 Å². The number of nitrogens with zero attached hydrogens (tertiary/aromatic N) is 1. The summed E-state index contributed by atoms with van der Waals surface area (Å²) in [5.41, 5.74) is 3.19. The summed E-state index contributed by atoms with van der Waals surface area (Å²) in [7, 11) is 0. The molecule has 0 aliphatic carbocycles. The van der Waals surface area contributed by atoms with Crippen LogP contribution in [-0.4, -0.2) is 10.9 Å². The molecule has 2 aromatic rings. The monoisotopic (exact) mass is 382 g/mol. The maximum absolute atomic E-state index is 12.1. The van der Waals surface area contributed by atoms with E-state index in [0.717, 1.165) is 20.3 Å². The lowest BCUT2D eigenvalue weighted by atomic mass is 10.1. The number of nitrogens with one attached hydrogen (secondary N) is 1. The zero-order valence-electron chi connectivity index (χ0n) is 10.5. The van der Waals surface area contributed by atoms with Crippen LogP contribution in [0.2, 0.25) is 0 Å². The summed E-state index contributed by atoms with van der Waals surface area (Å²) in [5.74, 6) is -0.145. The van der Waals surface area contributed by atoms with E-state index in [2.05, 4.69) is 42.2 Å². The quantitative estimate of drug-likeness (QED) is 0.777. The summed E-state index contributed by atoms with van der Waals surface area (Å²) in [6.07, 6.45) is 0. The van der Waals surface area contributed by atoms with E-state index in [0.29, 0.717) is 11.3 Å². The van der Waals surface area contributed by atoms with Crippen LogP contribution in [0.5, 0.6) is 0 Å². The van der Waals surface area contributed by atoms with Gasteiger partial charge in [0.25, 0.3) is 5.91 Å². The largest absolute Gasteiger partial charge is 0.320 e. The fraction of sp³-hybridized carbons (Fsp3) is 0.143. The Kier molecular flexibility index (Phi) is 4.37. The number of carbonyl (C=O) groups is 1. The molecule has 1 N–H and O–H groups in total. The predicted molar refractivity (Wildman–Crippen MR) is 83.5 cm³/mol. The molecule has 1 aromatic carbocycles. The van der Waals surface area contributed by atoms with E-state index in [1.807, 2.05) is 32.0 Å². The van der Waals surface area contributed by atoms with Crippen LogP contribution in [0.3, 0.4) is 0 Å². The fourth-order valence-corrected chi connectivity index (χ4v) is 2.37. The van der Waals surface area contributed by atoms with Gasteiger partial charge in [-0.1, -0.05) is 22.0 Å². The number of carbonyl (C=O) groups excluding carboxylic acids is 1. The van der Waals surface area contributed by atoms with Crippen molar-refractivity contribution in [2.75, 3.05) is 5.32 Å². The Balaban J connectivity index is 2.23. The van der Waals surface area contributed by atoms with Crippen molar-refractivity contribution in [2.24, 2.45) is 0 Å². The third-order valence-corrected chi connectivity index (χ3v) is 4.03. The molecular formula is C14H12Br2N2O. The minimum absolute atomic E-state index is 0.145. The summed E-state index contributed by atoms with van der Waals surface area (Å²) < 4.78 is 1.67. The van der Waals surface area contributed by atoms with E-state index in [1.165, 1.54) is 0 Å². The number of hydrogen-bond acceptors (Lipinski definition) is 2. The first-order valence-electron chi connectivity index (χ1n) is 5.68. The van der Waals surface area contributed by atoms with Crippen molar-refractivity contribution in [1.29, 1.82) is 0 Å². The molecule has 1 amide bonds. The van der Waals surface area contributed by atoms with Crippen LogP contribution in [0, 0.1) is 13.8 Å². The first-order valence-corrected chi connectivity index (χ1v) is 7.26. The van der Waals surface area contributed by atoms with Crippen LogP contribution in [-0.2, 0) is 0 Å². The molecule has 0 saturated heterocycles. The first-order chi connectivity index (χ1) is 8.97. The highest BCUT2D eigenvalue weighted by atomic mass is 79.9. The van der Waals surface area contributed by atoms with Gasteiger partial charge in [0.2, 0.25) is 0 Å². The number of pyridine rings is 1. The van der Waals surface area contributed by atoms with Crippen molar-refractivity contribution in [3.8, 4) is 0 Å². The zero-order valence-corrected chi connectivity index (χ0v) is 13.7. The molecule has 1 aromatic heterocycles. The molecule has 0 unspecified atom stereocenters. The standard InChI is InChI=1S/C14H12Br2N2O/c1-8-3-4-10(7-11(8)15)14(19)18-12-5-6-13(16)17-9(12)2/h3-7H,1-2H3,(H,18,19).